The monoisotopic (exact) mass is 227 g/mol. The Kier molecular flexibility index (Phi) is 3.76. The fourth-order valence-electron chi connectivity index (χ4n) is 1.83. The van der Waals surface area contributed by atoms with Gasteiger partial charge in [0.15, 0.2) is 0 Å². The van der Waals surface area contributed by atoms with Crippen molar-refractivity contribution in [3.05, 3.63) is 59.0 Å². The van der Waals surface area contributed by atoms with Gasteiger partial charge in [0.05, 0.1) is 0 Å². The Balaban J connectivity index is 2.28. The summed E-state index contributed by atoms with van der Waals surface area (Å²) >= 11 is 0. The predicted octanol–water partition coefficient (Wildman–Crippen LogP) is 3.32. The van der Waals surface area contributed by atoms with Crippen LogP contribution in [0.1, 0.15) is 19.8 Å². The fourth-order valence-corrected chi connectivity index (χ4v) is 1.83. The van der Waals surface area contributed by atoms with Gasteiger partial charge in [0.25, 0.3) is 5.56 Å². The van der Waals surface area contributed by atoms with Crippen LogP contribution in [0.4, 0.5) is 0 Å². The average Bonchev–Trinajstić information content (AvgIpc) is 2.38. The van der Waals surface area contributed by atoms with Crippen LogP contribution in [0.15, 0.2) is 53.5 Å². The van der Waals surface area contributed by atoms with Crippen LogP contribution >= 0.6 is 0 Å². The summed E-state index contributed by atoms with van der Waals surface area (Å²) in [6, 6.07) is 13.7. The molecule has 17 heavy (non-hydrogen) atoms. The summed E-state index contributed by atoms with van der Waals surface area (Å²) in [5.74, 6) is 0. The van der Waals surface area contributed by atoms with E-state index in [-0.39, 0.29) is 5.56 Å². The van der Waals surface area contributed by atoms with E-state index in [1.165, 1.54) is 0 Å². The van der Waals surface area contributed by atoms with Crippen molar-refractivity contribution in [1.29, 1.82) is 0 Å². The molecule has 2 nitrogen and oxygen atoms in total. The number of unbranched alkanes of at least 4 members (excludes halogenated alkanes) is 1. The molecule has 0 radical (unpaired) electrons. The number of aryl methyl sites for hydroxylation is 1. The largest absolute Gasteiger partial charge is 0.316 e. The van der Waals surface area contributed by atoms with Crippen LogP contribution in [0.25, 0.3) is 11.1 Å². The van der Waals surface area contributed by atoms with Gasteiger partial charge in [0.1, 0.15) is 0 Å². The lowest BCUT2D eigenvalue weighted by molar-refractivity contribution is 0.613. The van der Waals surface area contributed by atoms with Crippen molar-refractivity contribution >= 4 is 0 Å². The molecule has 0 saturated carbocycles. The van der Waals surface area contributed by atoms with E-state index >= 15 is 0 Å². The maximum Gasteiger partial charge on any atom is 0.251 e. The van der Waals surface area contributed by atoms with Gasteiger partial charge in [-0.3, -0.25) is 4.79 Å². The quantitative estimate of drug-likeness (QED) is 0.785. The fraction of sp³-hybridized carbons (Fsp3) is 0.267. The summed E-state index contributed by atoms with van der Waals surface area (Å²) in [6.45, 7) is 2.94. The zero-order chi connectivity index (χ0) is 12.1. The summed E-state index contributed by atoms with van der Waals surface area (Å²) in [5, 5.41) is 0. The maximum absolute atomic E-state index is 11.9. The first-order valence-corrected chi connectivity index (χ1v) is 6.07. The molecule has 0 aliphatic rings. The first kappa shape index (κ1) is 11.6. The Morgan fingerprint density at radius 1 is 1.06 bits per heavy atom. The van der Waals surface area contributed by atoms with Gasteiger partial charge >= 0.3 is 0 Å². The SMILES string of the molecule is CCCCn1ccc(-c2ccccc2)cc1=O. The van der Waals surface area contributed by atoms with Crippen molar-refractivity contribution in [2.24, 2.45) is 0 Å². The molecule has 0 aliphatic heterocycles. The highest BCUT2D eigenvalue weighted by Crippen LogP contribution is 2.16. The standard InChI is InChI=1S/C15H17NO/c1-2-3-10-16-11-9-14(12-15(16)17)13-7-5-4-6-8-13/h4-9,11-12H,2-3,10H2,1H3. The van der Waals surface area contributed by atoms with Gasteiger partial charge in [-0.25, -0.2) is 0 Å². The molecular weight excluding hydrogens is 210 g/mol. The van der Waals surface area contributed by atoms with Crippen molar-refractivity contribution in [2.45, 2.75) is 26.3 Å². The molecule has 0 amide bonds. The number of benzene rings is 1. The summed E-state index contributed by atoms with van der Waals surface area (Å²) in [6.07, 6.45) is 4.04. The Morgan fingerprint density at radius 3 is 2.47 bits per heavy atom. The van der Waals surface area contributed by atoms with E-state index in [0.29, 0.717) is 0 Å². The van der Waals surface area contributed by atoms with Crippen molar-refractivity contribution in [2.75, 3.05) is 0 Å². The molecule has 2 rings (SSSR count). The van der Waals surface area contributed by atoms with Crippen LogP contribution in [0.5, 0.6) is 0 Å². The van der Waals surface area contributed by atoms with E-state index in [4.69, 9.17) is 0 Å². The number of aromatic nitrogens is 1. The number of rotatable bonds is 4. The Bertz CT molecular complexity index is 528. The molecule has 0 bridgehead atoms. The molecule has 1 aromatic heterocycles. The van der Waals surface area contributed by atoms with Crippen molar-refractivity contribution < 1.29 is 0 Å². The zero-order valence-electron chi connectivity index (χ0n) is 10.1. The molecule has 0 saturated heterocycles. The first-order valence-electron chi connectivity index (χ1n) is 6.07. The summed E-state index contributed by atoms with van der Waals surface area (Å²) in [7, 11) is 0. The van der Waals surface area contributed by atoms with Gasteiger partial charge in [0, 0.05) is 18.8 Å². The summed E-state index contributed by atoms with van der Waals surface area (Å²) in [5.41, 5.74) is 2.16. The normalized spacial score (nSPS) is 10.4. The second-order valence-electron chi connectivity index (χ2n) is 4.17. The van der Waals surface area contributed by atoms with Crippen LogP contribution in [0.3, 0.4) is 0 Å². The lowest BCUT2D eigenvalue weighted by Crippen LogP contribution is -2.18. The molecule has 0 unspecified atom stereocenters. The smallest absolute Gasteiger partial charge is 0.251 e. The molecule has 0 N–H and O–H groups in total. The Morgan fingerprint density at radius 2 is 1.82 bits per heavy atom. The maximum atomic E-state index is 11.9. The first-order chi connectivity index (χ1) is 8.31. The minimum Gasteiger partial charge on any atom is -0.316 e. The Labute approximate surface area is 102 Å². The predicted molar refractivity (Wildman–Crippen MR) is 71.0 cm³/mol. The van der Waals surface area contributed by atoms with Gasteiger partial charge in [-0.2, -0.15) is 0 Å². The number of hydrogen-bond acceptors (Lipinski definition) is 1. The van der Waals surface area contributed by atoms with Crippen molar-refractivity contribution in [3.8, 4) is 11.1 Å². The van der Waals surface area contributed by atoms with Crippen molar-refractivity contribution in [1.82, 2.24) is 4.57 Å². The molecular formula is C15H17NO. The van der Waals surface area contributed by atoms with E-state index in [1.807, 2.05) is 42.6 Å². The van der Waals surface area contributed by atoms with Crippen LogP contribution in [-0.4, -0.2) is 4.57 Å². The number of hydrogen-bond donors (Lipinski definition) is 0. The van der Waals surface area contributed by atoms with Gasteiger partial charge < -0.3 is 4.57 Å². The topological polar surface area (TPSA) is 22.0 Å². The lowest BCUT2D eigenvalue weighted by atomic mass is 10.1. The average molecular weight is 227 g/mol. The zero-order valence-corrected chi connectivity index (χ0v) is 10.1. The van der Waals surface area contributed by atoms with E-state index in [9.17, 15) is 4.79 Å². The summed E-state index contributed by atoms with van der Waals surface area (Å²) in [4.78, 5) is 11.9. The van der Waals surface area contributed by atoms with Crippen molar-refractivity contribution in [3.63, 3.8) is 0 Å². The summed E-state index contributed by atoms with van der Waals surface area (Å²) < 4.78 is 1.77. The molecule has 0 atom stereocenters. The van der Waals surface area contributed by atoms with Gasteiger partial charge in [0.2, 0.25) is 0 Å². The molecule has 1 aromatic carbocycles. The molecule has 2 aromatic rings. The van der Waals surface area contributed by atoms with E-state index in [2.05, 4.69) is 6.92 Å². The highest BCUT2D eigenvalue weighted by molar-refractivity contribution is 5.62. The molecule has 0 fully saturated rings. The van der Waals surface area contributed by atoms with Crippen LogP contribution in [0, 0.1) is 0 Å². The molecule has 1 heterocycles. The molecule has 0 aliphatic carbocycles. The third-order valence-electron chi connectivity index (χ3n) is 2.86. The highest BCUT2D eigenvalue weighted by Gasteiger charge is 2.00. The number of nitrogens with zero attached hydrogens (tertiary/aromatic N) is 1. The molecule has 2 heteroatoms. The molecule has 88 valence electrons. The minimum atomic E-state index is 0.0832. The number of pyridine rings is 1. The molecule has 0 spiro atoms. The highest BCUT2D eigenvalue weighted by atomic mass is 16.1. The van der Waals surface area contributed by atoms with E-state index in [1.54, 1.807) is 10.6 Å². The minimum absolute atomic E-state index is 0.0832. The van der Waals surface area contributed by atoms with Gasteiger partial charge in [-0.05, 0) is 23.6 Å². The second kappa shape index (κ2) is 5.48. The van der Waals surface area contributed by atoms with E-state index < -0.39 is 0 Å². The van der Waals surface area contributed by atoms with Crippen LogP contribution in [0.2, 0.25) is 0 Å². The van der Waals surface area contributed by atoms with E-state index in [0.717, 1.165) is 30.5 Å². The second-order valence-corrected chi connectivity index (χ2v) is 4.17. The van der Waals surface area contributed by atoms with Crippen LogP contribution < -0.4 is 5.56 Å². The third kappa shape index (κ3) is 2.84. The van der Waals surface area contributed by atoms with Gasteiger partial charge in [-0.15, -0.1) is 0 Å². The third-order valence-corrected chi connectivity index (χ3v) is 2.86. The van der Waals surface area contributed by atoms with Gasteiger partial charge in [-0.1, -0.05) is 43.7 Å². The lowest BCUT2D eigenvalue weighted by Gasteiger charge is -2.06. The van der Waals surface area contributed by atoms with Crippen LogP contribution in [-0.2, 0) is 6.54 Å². The Hall–Kier alpha value is -1.83.